The van der Waals surface area contributed by atoms with Crippen molar-refractivity contribution in [3.05, 3.63) is 42.2 Å². The lowest BCUT2D eigenvalue weighted by Gasteiger charge is -2.22. The van der Waals surface area contributed by atoms with Crippen LogP contribution in [0.3, 0.4) is 0 Å². The predicted molar refractivity (Wildman–Crippen MR) is 118 cm³/mol. The Morgan fingerprint density at radius 2 is 1.68 bits per heavy atom. The van der Waals surface area contributed by atoms with Gasteiger partial charge in [-0.15, -0.1) is 0 Å². The van der Waals surface area contributed by atoms with E-state index in [1.165, 1.54) is 0 Å². The minimum atomic E-state index is -0.263. The average molecular weight is 385 g/mol. The van der Waals surface area contributed by atoms with Gasteiger partial charge in [0.2, 0.25) is 0 Å². The fourth-order valence-corrected chi connectivity index (χ4v) is 3.50. The highest BCUT2D eigenvalue weighted by Crippen LogP contribution is 2.26. The molecule has 0 spiro atoms. The second-order valence-corrected chi connectivity index (χ2v) is 10.1. The summed E-state index contributed by atoms with van der Waals surface area (Å²) >= 11 is 0. The quantitative estimate of drug-likeness (QED) is 0.609. The Hall–Kier alpha value is -2.23. The van der Waals surface area contributed by atoms with Gasteiger partial charge in [0.15, 0.2) is 0 Å². The molecule has 1 aromatic heterocycles. The lowest BCUT2D eigenvalue weighted by atomic mass is 9.86. The third-order valence-electron chi connectivity index (χ3n) is 4.41. The number of esters is 1. The van der Waals surface area contributed by atoms with Gasteiger partial charge in [-0.25, -0.2) is 4.79 Å². The number of aromatic nitrogens is 1. The van der Waals surface area contributed by atoms with E-state index in [4.69, 9.17) is 4.74 Å². The van der Waals surface area contributed by atoms with Crippen LogP contribution < -0.4 is 5.32 Å². The minimum absolute atomic E-state index is 0.0231. The standard InChI is InChI=1S/C24H36N2O2/c1-17(14-23(2,3)4)16-28-22(27)21-13-19(15-26(21)8)18-9-11-20(12-10-18)25-24(5,6)7/h9-13,15,17,25H,14,16H2,1-8H3/t17-/m1/s1. The Kier molecular flexibility index (Phi) is 6.63. The van der Waals surface area contributed by atoms with Crippen LogP contribution >= 0.6 is 0 Å². The zero-order valence-corrected chi connectivity index (χ0v) is 18.7. The minimum Gasteiger partial charge on any atom is -0.461 e. The van der Waals surface area contributed by atoms with Crippen LogP contribution in [0.4, 0.5) is 5.69 Å². The number of aryl methyl sites for hydroxylation is 1. The second kappa shape index (κ2) is 8.42. The van der Waals surface area contributed by atoms with Crippen molar-refractivity contribution in [2.24, 2.45) is 18.4 Å². The second-order valence-electron chi connectivity index (χ2n) is 10.1. The first kappa shape index (κ1) is 22.1. The lowest BCUT2D eigenvalue weighted by molar-refractivity contribution is 0.0410. The van der Waals surface area contributed by atoms with Gasteiger partial charge in [0.25, 0.3) is 0 Å². The van der Waals surface area contributed by atoms with Gasteiger partial charge in [-0.05, 0) is 62.3 Å². The smallest absolute Gasteiger partial charge is 0.354 e. The van der Waals surface area contributed by atoms with E-state index in [2.05, 4.69) is 78.0 Å². The molecular weight excluding hydrogens is 348 g/mol. The molecule has 4 heteroatoms. The van der Waals surface area contributed by atoms with Gasteiger partial charge in [-0.1, -0.05) is 39.8 Å². The van der Waals surface area contributed by atoms with Crippen LogP contribution in [0.2, 0.25) is 0 Å². The van der Waals surface area contributed by atoms with Crippen molar-refractivity contribution in [3.8, 4) is 11.1 Å². The fourth-order valence-electron chi connectivity index (χ4n) is 3.50. The summed E-state index contributed by atoms with van der Waals surface area (Å²) < 4.78 is 7.41. The van der Waals surface area contributed by atoms with Gasteiger partial charge >= 0.3 is 5.97 Å². The number of ether oxygens (including phenoxy) is 1. The Balaban J connectivity index is 2.05. The van der Waals surface area contributed by atoms with Crippen molar-refractivity contribution in [2.45, 2.75) is 60.4 Å². The largest absolute Gasteiger partial charge is 0.461 e. The Morgan fingerprint density at radius 3 is 2.21 bits per heavy atom. The monoisotopic (exact) mass is 384 g/mol. The summed E-state index contributed by atoms with van der Waals surface area (Å²) in [7, 11) is 1.88. The van der Waals surface area contributed by atoms with Crippen molar-refractivity contribution < 1.29 is 9.53 Å². The Labute approximate surface area is 170 Å². The molecule has 0 unspecified atom stereocenters. The first-order valence-electron chi connectivity index (χ1n) is 10.1. The third-order valence-corrected chi connectivity index (χ3v) is 4.41. The van der Waals surface area contributed by atoms with Crippen LogP contribution in [0, 0.1) is 11.3 Å². The summed E-state index contributed by atoms with van der Waals surface area (Å²) in [6, 6.07) is 10.2. The summed E-state index contributed by atoms with van der Waals surface area (Å²) in [5.41, 5.74) is 4.01. The molecule has 0 saturated carbocycles. The van der Waals surface area contributed by atoms with Crippen LogP contribution in [0.25, 0.3) is 11.1 Å². The normalized spacial score (nSPS) is 13.3. The molecule has 0 aliphatic rings. The topological polar surface area (TPSA) is 43.3 Å². The number of nitrogens with zero attached hydrogens (tertiary/aromatic N) is 1. The zero-order valence-electron chi connectivity index (χ0n) is 18.7. The van der Waals surface area contributed by atoms with Crippen LogP contribution in [0.5, 0.6) is 0 Å². The summed E-state index contributed by atoms with van der Waals surface area (Å²) in [4.78, 5) is 12.5. The zero-order chi connectivity index (χ0) is 21.1. The van der Waals surface area contributed by atoms with Gasteiger partial charge in [-0.2, -0.15) is 0 Å². The third kappa shape index (κ3) is 6.74. The summed E-state index contributed by atoms with van der Waals surface area (Å²) in [6.07, 6.45) is 3.00. The molecule has 1 heterocycles. The number of hydrogen-bond acceptors (Lipinski definition) is 3. The molecule has 0 amide bonds. The van der Waals surface area contributed by atoms with E-state index in [0.717, 1.165) is 23.2 Å². The van der Waals surface area contributed by atoms with Gasteiger partial charge in [0, 0.05) is 30.0 Å². The number of rotatable bonds is 6. The molecule has 0 aliphatic carbocycles. The maximum absolute atomic E-state index is 12.5. The maximum atomic E-state index is 12.5. The Morgan fingerprint density at radius 1 is 1.07 bits per heavy atom. The van der Waals surface area contributed by atoms with Gasteiger partial charge in [0.05, 0.1) is 6.61 Å². The van der Waals surface area contributed by atoms with E-state index >= 15 is 0 Å². The molecule has 2 aromatic rings. The summed E-state index contributed by atoms with van der Waals surface area (Å²) in [5.74, 6) is 0.0760. The number of nitrogens with one attached hydrogen (secondary N) is 1. The van der Waals surface area contributed by atoms with Crippen LogP contribution in [0.15, 0.2) is 36.5 Å². The van der Waals surface area contributed by atoms with Gasteiger partial charge in [-0.3, -0.25) is 0 Å². The first-order chi connectivity index (χ1) is 12.8. The molecule has 154 valence electrons. The molecule has 0 saturated heterocycles. The SMILES string of the molecule is C[C@@H](COC(=O)c1cc(-c2ccc(NC(C)(C)C)cc2)cn1C)CC(C)(C)C. The van der Waals surface area contributed by atoms with Crippen LogP contribution in [-0.2, 0) is 11.8 Å². The van der Waals surface area contributed by atoms with E-state index in [-0.39, 0.29) is 16.9 Å². The van der Waals surface area contributed by atoms with E-state index in [1.54, 1.807) is 0 Å². The van der Waals surface area contributed by atoms with Crippen LogP contribution in [0.1, 0.15) is 65.4 Å². The predicted octanol–water partition coefficient (Wildman–Crippen LogP) is 6.13. The summed E-state index contributed by atoms with van der Waals surface area (Å²) in [6.45, 7) is 15.6. The van der Waals surface area contributed by atoms with Crippen molar-refractivity contribution in [1.29, 1.82) is 0 Å². The van der Waals surface area contributed by atoms with Crippen molar-refractivity contribution in [3.63, 3.8) is 0 Å². The number of benzene rings is 1. The van der Waals surface area contributed by atoms with E-state index < -0.39 is 0 Å². The molecule has 4 nitrogen and oxygen atoms in total. The number of hydrogen-bond donors (Lipinski definition) is 1. The highest BCUT2D eigenvalue weighted by atomic mass is 16.5. The molecule has 1 atom stereocenters. The molecule has 1 N–H and O–H groups in total. The molecular formula is C24H36N2O2. The average Bonchev–Trinajstić information content (AvgIpc) is 2.92. The highest BCUT2D eigenvalue weighted by molar-refractivity contribution is 5.90. The Bertz CT molecular complexity index is 789. The van der Waals surface area contributed by atoms with Gasteiger partial charge in [0.1, 0.15) is 5.69 Å². The number of carbonyl (C=O) groups is 1. The first-order valence-corrected chi connectivity index (χ1v) is 10.1. The number of carbonyl (C=O) groups excluding carboxylic acids is 1. The van der Waals surface area contributed by atoms with Crippen molar-refractivity contribution >= 4 is 11.7 Å². The molecule has 0 aliphatic heterocycles. The molecule has 0 radical (unpaired) electrons. The highest BCUT2D eigenvalue weighted by Gasteiger charge is 2.19. The van der Waals surface area contributed by atoms with Crippen LogP contribution in [-0.4, -0.2) is 22.7 Å². The lowest BCUT2D eigenvalue weighted by Crippen LogP contribution is -2.25. The van der Waals surface area contributed by atoms with E-state index in [0.29, 0.717) is 18.2 Å². The molecule has 0 bridgehead atoms. The molecule has 28 heavy (non-hydrogen) atoms. The summed E-state index contributed by atoms with van der Waals surface area (Å²) in [5, 5.41) is 3.46. The van der Waals surface area contributed by atoms with E-state index in [1.807, 2.05) is 23.9 Å². The molecule has 2 rings (SSSR count). The van der Waals surface area contributed by atoms with E-state index in [9.17, 15) is 4.79 Å². The van der Waals surface area contributed by atoms with Crippen molar-refractivity contribution in [1.82, 2.24) is 4.57 Å². The maximum Gasteiger partial charge on any atom is 0.354 e. The fraction of sp³-hybridized carbons (Fsp3) is 0.542. The molecule has 1 aromatic carbocycles. The van der Waals surface area contributed by atoms with Gasteiger partial charge < -0.3 is 14.6 Å². The molecule has 0 fully saturated rings. The number of anilines is 1. The van der Waals surface area contributed by atoms with Crippen molar-refractivity contribution in [2.75, 3.05) is 11.9 Å².